The number of Topliss-reactive ketones (excluding diaryl/α,β-unsaturated/α-hetero) is 1. The van der Waals surface area contributed by atoms with E-state index in [4.69, 9.17) is 4.42 Å². The summed E-state index contributed by atoms with van der Waals surface area (Å²) in [6, 6.07) is 10.8. The molecule has 2 aliphatic rings. The molecule has 0 amide bonds. The van der Waals surface area contributed by atoms with Crippen molar-refractivity contribution in [3.05, 3.63) is 74.8 Å². The zero-order valence-electron chi connectivity index (χ0n) is 15.8. The monoisotopic (exact) mass is 390 g/mol. The van der Waals surface area contributed by atoms with Crippen molar-refractivity contribution in [1.29, 1.82) is 0 Å². The first-order chi connectivity index (χ1) is 13.8. The number of ketones is 1. The number of carbonyl (C=O) groups is 1. The number of aromatic hydroxyl groups is 2. The lowest BCUT2D eigenvalue weighted by Crippen LogP contribution is -2.29. The fraction of sp³-hybridized carbons (Fsp3) is 0.130. The largest absolute Gasteiger partial charge is 0.508 e. The molecule has 1 aliphatic heterocycles. The third-order valence-corrected chi connectivity index (χ3v) is 4.87. The minimum absolute atomic E-state index is 0.0294. The van der Waals surface area contributed by atoms with Crippen LogP contribution < -0.4 is 10.6 Å². The van der Waals surface area contributed by atoms with Crippen LogP contribution in [0.1, 0.15) is 23.8 Å². The lowest BCUT2D eigenvalue weighted by Gasteiger charge is -2.14. The molecule has 0 saturated carbocycles. The number of phenols is 2. The standard InChI is InChI=1S/C23H18O6/c1-11-6-14(25)9-17(26)20(11)23(28)22-16-5-3-4-13-8-15(7-12(2)24)29-19(21(13)16)10-18(22)27/h3-6,8-10,25-26,28H,7H2,1-2H3. The highest BCUT2D eigenvalue weighted by Gasteiger charge is 2.20. The van der Waals surface area contributed by atoms with Crippen LogP contribution in [0.2, 0.25) is 0 Å². The van der Waals surface area contributed by atoms with Crippen molar-refractivity contribution < 1.29 is 24.5 Å². The molecule has 1 aliphatic carbocycles. The molecular formula is C23H18O6. The maximum Gasteiger partial charge on any atom is 0.193 e. The van der Waals surface area contributed by atoms with E-state index in [0.29, 0.717) is 28.0 Å². The lowest BCUT2D eigenvalue weighted by molar-refractivity contribution is -0.116. The quantitative estimate of drug-likeness (QED) is 0.496. The number of hydrogen-bond acceptors (Lipinski definition) is 6. The Bertz CT molecular complexity index is 1340. The van der Waals surface area contributed by atoms with Gasteiger partial charge in [0, 0.05) is 23.1 Å². The average Bonchev–Trinajstić information content (AvgIpc) is 2.60. The summed E-state index contributed by atoms with van der Waals surface area (Å²) in [5, 5.41) is 32.1. The van der Waals surface area contributed by atoms with Crippen LogP contribution in [0.25, 0.3) is 27.9 Å². The Hall–Kier alpha value is -3.80. The molecule has 0 fully saturated rings. The van der Waals surface area contributed by atoms with Gasteiger partial charge in [-0.25, -0.2) is 0 Å². The van der Waals surface area contributed by atoms with Crippen molar-refractivity contribution in [1.82, 2.24) is 0 Å². The van der Waals surface area contributed by atoms with Crippen LogP contribution in [-0.4, -0.2) is 21.1 Å². The molecule has 6 nitrogen and oxygen atoms in total. The van der Waals surface area contributed by atoms with E-state index in [1.807, 2.05) is 6.07 Å². The highest BCUT2D eigenvalue weighted by Crippen LogP contribution is 2.34. The van der Waals surface area contributed by atoms with Crippen LogP contribution in [-0.2, 0) is 11.2 Å². The molecule has 0 aromatic heterocycles. The van der Waals surface area contributed by atoms with E-state index in [1.54, 1.807) is 25.1 Å². The zero-order valence-corrected chi connectivity index (χ0v) is 15.8. The van der Waals surface area contributed by atoms with Gasteiger partial charge in [-0.1, -0.05) is 18.2 Å². The van der Waals surface area contributed by atoms with Gasteiger partial charge in [-0.15, -0.1) is 0 Å². The normalized spacial score (nSPS) is 12.5. The van der Waals surface area contributed by atoms with Crippen LogP contribution in [0.15, 0.2) is 51.7 Å². The SMILES string of the molecule is CC(=O)Cc1cc2cccc3c2-c(cc(=O)c3=C(O)c2c(C)cc(O)cc2O)o1. The summed E-state index contributed by atoms with van der Waals surface area (Å²) < 4.78 is 5.77. The van der Waals surface area contributed by atoms with Gasteiger partial charge in [0.25, 0.3) is 0 Å². The first-order valence-electron chi connectivity index (χ1n) is 9.00. The van der Waals surface area contributed by atoms with E-state index >= 15 is 0 Å². The van der Waals surface area contributed by atoms with E-state index in [1.165, 1.54) is 19.1 Å². The number of aliphatic hydroxyl groups excluding tert-OH is 1. The van der Waals surface area contributed by atoms with Gasteiger partial charge in [0.2, 0.25) is 0 Å². The van der Waals surface area contributed by atoms with Gasteiger partial charge in [-0.3, -0.25) is 9.59 Å². The zero-order chi connectivity index (χ0) is 20.9. The molecule has 6 heteroatoms. The van der Waals surface area contributed by atoms with Gasteiger partial charge in [0.15, 0.2) is 5.43 Å². The number of phenolic OH excluding ortho intramolecular Hbond substituents is 2. The summed E-state index contributed by atoms with van der Waals surface area (Å²) >= 11 is 0. The summed E-state index contributed by atoms with van der Waals surface area (Å²) in [6.45, 7) is 3.07. The Labute approximate surface area is 165 Å². The molecule has 2 aromatic rings. The van der Waals surface area contributed by atoms with Crippen LogP contribution >= 0.6 is 0 Å². The number of rotatable bonds is 3. The minimum atomic E-state index is -0.488. The Balaban J connectivity index is 2.13. The molecule has 0 radical (unpaired) electrons. The summed E-state index contributed by atoms with van der Waals surface area (Å²) in [4.78, 5) is 24.4. The first kappa shape index (κ1) is 18.6. The summed E-state index contributed by atoms with van der Waals surface area (Å²) in [6.07, 6.45) is 0.115. The lowest BCUT2D eigenvalue weighted by atomic mass is 9.94. The maximum absolute atomic E-state index is 12.9. The Morgan fingerprint density at radius 3 is 2.55 bits per heavy atom. The average molecular weight is 390 g/mol. The predicted octanol–water partition coefficient (Wildman–Crippen LogP) is 3.18. The molecule has 4 rings (SSSR count). The smallest absolute Gasteiger partial charge is 0.193 e. The third-order valence-electron chi connectivity index (χ3n) is 4.87. The van der Waals surface area contributed by atoms with Crippen LogP contribution in [0, 0.1) is 6.92 Å². The van der Waals surface area contributed by atoms with Gasteiger partial charge >= 0.3 is 0 Å². The highest BCUT2D eigenvalue weighted by atomic mass is 16.3. The second kappa shape index (κ2) is 6.67. The molecule has 3 N–H and O–H groups in total. The van der Waals surface area contributed by atoms with Crippen molar-refractivity contribution in [3.63, 3.8) is 0 Å². The van der Waals surface area contributed by atoms with Crippen molar-refractivity contribution in [2.45, 2.75) is 20.3 Å². The van der Waals surface area contributed by atoms with Crippen LogP contribution in [0.4, 0.5) is 0 Å². The summed E-state index contributed by atoms with van der Waals surface area (Å²) in [5.41, 5.74) is 0.639. The summed E-state index contributed by atoms with van der Waals surface area (Å²) in [5.74, 6) is -0.151. The van der Waals surface area contributed by atoms with Crippen LogP contribution in [0.5, 0.6) is 11.5 Å². The molecule has 0 saturated heterocycles. The van der Waals surface area contributed by atoms with Crippen molar-refractivity contribution in [2.24, 2.45) is 0 Å². The second-order valence-electron chi connectivity index (χ2n) is 7.11. The second-order valence-corrected chi connectivity index (χ2v) is 7.11. The molecule has 1 heterocycles. The minimum Gasteiger partial charge on any atom is -0.508 e. The van der Waals surface area contributed by atoms with Gasteiger partial charge in [-0.2, -0.15) is 0 Å². The molecule has 0 bridgehead atoms. The first-order valence-corrected chi connectivity index (χ1v) is 9.00. The molecule has 0 atom stereocenters. The topological polar surface area (TPSA) is 108 Å². The molecular weight excluding hydrogens is 372 g/mol. The number of aryl methyl sites for hydroxylation is 1. The van der Waals surface area contributed by atoms with Gasteiger partial charge in [-0.05, 0) is 36.9 Å². The third kappa shape index (κ3) is 3.08. The van der Waals surface area contributed by atoms with E-state index < -0.39 is 5.43 Å². The molecule has 0 unspecified atom stereocenters. The van der Waals surface area contributed by atoms with Crippen LogP contribution in [0.3, 0.4) is 0 Å². The van der Waals surface area contributed by atoms with Crippen molar-refractivity contribution in [2.75, 3.05) is 0 Å². The molecule has 0 spiro atoms. The van der Waals surface area contributed by atoms with Gasteiger partial charge in [0.1, 0.15) is 34.6 Å². The van der Waals surface area contributed by atoms with E-state index in [-0.39, 0.29) is 40.2 Å². The fourth-order valence-corrected chi connectivity index (χ4v) is 3.75. The van der Waals surface area contributed by atoms with E-state index in [2.05, 4.69) is 0 Å². The van der Waals surface area contributed by atoms with Crippen molar-refractivity contribution >= 4 is 22.3 Å². The number of aliphatic hydroxyl groups is 1. The molecule has 2 aromatic carbocycles. The number of benzene rings is 3. The Morgan fingerprint density at radius 2 is 1.86 bits per heavy atom. The Kier molecular flexibility index (Phi) is 4.27. The summed E-state index contributed by atoms with van der Waals surface area (Å²) in [7, 11) is 0. The highest BCUT2D eigenvalue weighted by molar-refractivity contribution is 5.97. The number of hydrogen-bond donors (Lipinski definition) is 3. The van der Waals surface area contributed by atoms with E-state index in [0.717, 1.165) is 11.5 Å². The maximum atomic E-state index is 12.9. The van der Waals surface area contributed by atoms with Crippen molar-refractivity contribution in [3.8, 4) is 22.8 Å². The van der Waals surface area contributed by atoms with Gasteiger partial charge < -0.3 is 19.7 Å². The van der Waals surface area contributed by atoms with Gasteiger partial charge in [0.05, 0.1) is 17.2 Å². The number of carbonyl (C=O) groups excluding carboxylic acids is 1. The predicted molar refractivity (Wildman–Crippen MR) is 108 cm³/mol. The fourth-order valence-electron chi connectivity index (χ4n) is 3.75. The molecule has 29 heavy (non-hydrogen) atoms. The van der Waals surface area contributed by atoms with E-state index in [9.17, 15) is 24.9 Å². The molecule has 146 valence electrons. The Morgan fingerprint density at radius 1 is 1.10 bits per heavy atom.